The first-order chi connectivity index (χ1) is 9.34. The van der Waals surface area contributed by atoms with E-state index in [1.165, 1.54) is 0 Å². The van der Waals surface area contributed by atoms with Crippen molar-refractivity contribution in [2.45, 2.75) is 0 Å². The van der Waals surface area contributed by atoms with E-state index in [9.17, 15) is 5.11 Å². The third kappa shape index (κ3) is 2.51. The van der Waals surface area contributed by atoms with E-state index in [0.717, 1.165) is 32.0 Å². The van der Waals surface area contributed by atoms with Gasteiger partial charge in [0.2, 0.25) is 0 Å². The smallest absolute Gasteiger partial charge is 0.165 e. The van der Waals surface area contributed by atoms with Gasteiger partial charge in [0.05, 0.1) is 5.56 Å². The molecule has 2 aromatic rings. The second-order valence-electron chi connectivity index (χ2n) is 4.49. The zero-order chi connectivity index (χ0) is 13.1. The minimum atomic E-state index is 0.208. The molecule has 1 aliphatic heterocycles. The summed E-state index contributed by atoms with van der Waals surface area (Å²) in [6.45, 7) is 3.82. The Bertz CT molecular complexity index is 567. The summed E-state index contributed by atoms with van der Waals surface area (Å²) in [5, 5.41) is 13.2. The molecule has 5 nitrogen and oxygen atoms in total. The molecule has 0 spiro atoms. The van der Waals surface area contributed by atoms with Gasteiger partial charge in [0.25, 0.3) is 0 Å². The first kappa shape index (κ1) is 11.9. The maximum atomic E-state index is 9.86. The van der Waals surface area contributed by atoms with Gasteiger partial charge >= 0.3 is 0 Å². The van der Waals surface area contributed by atoms with Crippen molar-refractivity contribution in [2.24, 2.45) is 0 Å². The van der Waals surface area contributed by atoms with Crippen molar-refractivity contribution in [3.8, 4) is 17.1 Å². The predicted octanol–water partition coefficient (Wildman–Crippen LogP) is 1.26. The quantitative estimate of drug-likeness (QED) is 0.847. The molecule has 1 aliphatic rings. The minimum Gasteiger partial charge on any atom is -0.507 e. The molecule has 2 N–H and O–H groups in total. The Kier molecular flexibility index (Phi) is 3.29. The number of aromatic nitrogens is 2. The molecule has 3 rings (SSSR count). The SMILES string of the molecule is Oc1ccccc1-c1nccc(N2CCNCC2)n1. The molecule has 1 saturated heterocycles. The van der Waals surface area contributed by atoms with E-state index in [4.69, 9.17) is 0 Å². The van der Waals surface area contributed by atoms with Gasteiger partial charge in [0, 0.05) is 32.4 Å². The zero-order valence-electron chi connectivity index (χ0n) is 10.6. The molecule has 0 aliphatic carbocycles. The van der Waals surface area contributed by atoms with E-state index < -0.39 is 0 Å². The molecule has 0 saturated carbocycles. The standard InChI is InChI=1S/C14H16N4O/c19-12-4-2-1-3-11(12)14-16-6-5-13(17-14)18-9-7-15-8-10-18/h1-6,15,19H,7-10H2. The summed E-state index contributed by atoms with van der Waals surface area (Å²) >= 11 is 0. The first-order valence-corrected chi connectivity index (χ1v) is 6.42. The Morgan fingerprint density at radius 1 is 1.11 bits per heavy atom. The fourth-order valence-electron chi connectivity index (χ4n) is 2.21. The highest BCUT2D eigenvalue weighted by molar-refractivity contribution is 5.64. The highest BCUT2D eigenvalue weighted by atomic mass is 16.3. The van der Waals surface area contributed by atoms with Crippen molar-refractivity contribution < 1.29 is 5.11 Å². The molecule has 0 amide bonds. The molecule has 5 heteroatoms. The third-order valence-electron chi connectivity index (χ3n) is 3.23. The summed E-state index contributed by atoms with van der Waals surface area (Å²) < 4.78 is 0. The van der Waals surface area contributed by atoms with E-state index >= 15 is 0 Å². The fraction of sp³-hybridized carbons (Fsp3) is 0.286. The molecule has 0 atom stereocenters. The molecule has 2 heterocycles. The van der Waals surface area contributed by atoms with Gasteiger partial charge in [0.1, 0.15) is 11.6 Å². The number of phenolic OH excluding ortho intramolecular Hbond substituents is 1. The van der Waals surface area contributed by atoms with Crippen molar-refractivity contribution in [2.75, 3.05) is 31.1 Å². The second kappa shape index (κ2) is 5.24. The maximum absolute atomic E-state index is 9.86. The van der Waals surface area contributed by atoms with Crippen molar-refractivity contribution in [3.63, 3.8) is 0 Å². The van der Waals surface area contributed by atoms with Gasteiger partial charge < -0.3 is 15.3 Å². The molecule has 19 heavy (non-hydrogen) atoms. The van der Waals surface area contributed by atoms with E-state index in [0.29, 0.717) is 11.4 Å². The van der Waals surface area contributed by atoms with Crippen LogP contribution in [0.15, 0.2) is 36.5 Å². The molecule has 1 fully saturated rings. The van der Waals surface area contributed by atoms with Crippen LogP contribution in [0.4, 0.5) is 5.82 Å². The Labute approximate surface area is 111 Å². The van der Waals surface area contributed by atoms with Gasteiger partial charge in [-0.15, -0.1) is 0 Å². The molecule has 1 aromatic heterocycles. The van der Waals surface area contributed by atoms with Crippen molar-refractivity contribution >= 4 is 5.82 Å². The van der Waals surface area contributed by atoms with Crippen molar-refractivity contribution in [1.29, 1.82) is 0 Å². The number of piperazine rings is 1. The Hall–Kier alpha value is -2.14. The van der Waals surface area contributed by atoms with Crippen LogP contribution >= 0.6 is 0 Å². The lowest BCUT2D eigenvalue weighted by Crippen LogP contribution is -2.43. The Morgan fingerprint density at radius 2 is 1.89 bits per heavy atom. The van der Waals surface area contributed by atoms with Crippen LogP contribution in [0.25, 0.3) is 11.4 Å². The van der Waals surface area contributed by atoms with Crippen LogP contribution in [-0.4, -0.2) is 41.3 Å². The average Bonchev–Trinajstić information content (AvgIpc) is 2.49. The van der Waals surface area contributed by atoms with Gasteiger partial charge in [-0.1, -0.05) is 12.1 Å². The predicted molar refractivity (Wildman–Crippen MR) is 74.2 cm³/mol. The monoisotopic (exact) mass is 256 g/mol. The van der Waals surface area contributed by atoms with E-state index in [2.05, 4.69) is 20.2 Å². The lowest BCUT2D eigenvalue weighted by atomic mass is 10.2. The molecular weight excluding hydrogens is 240 g/mol. The zero-order valence-corrected chi connectivity index (χ0v) is 10.6. The maximum Gasteiger partial charge on any atom is 0.165 e. The van der Waals surface area contributed by atoms with Crippen LogP contribution in [0.5, 0.6) is 5.75 Å². The molecule has 0 unspecified atom stereocenters. The third-order valence-corrected chi connectivity index (χ3v) is 3.23. The number of hydrogen-bond acceptors (Lipinski definition) is 5. The molecule has 98 valence electrons. The minimum absolute atomic E-state index is 0.208. The first-order valence-electron chi connectivity index (χ1n) is 6.42. The van der Waals surface area contributed by atoms with Gasteiger partial charge in [0.15, 0.2) is 5.82 Å². The number of nitrogens with one attached hydrogen (secondary N) is 1. The van der Waals surface area contributed by atoms with Gasteiger partial charge in [-0.05, 0) is 18.2 Å². The van der Waals surface area contributed by atoms with Crippen LogP contribution in [-0.2, 0) is 0 Å². The summed E-state index contributed by atoms with van der Waals surface area (Å²) in [6, 6.07) is 9.05. The topological polar surface area (TPSA) is 61.3 Å². The summed E-state index contributed by atoms with van der Waals surface area (Å²) in [7, 11) is 0. The number of rotatable bonds is 2. The summed E-state index contributed by atoms with van der Waals surface area (Å²) in [6.07, 6.45) is 1.74. The number of phenols is 1. The van der Waals surface area contributed by atoms with Crippen LogP contribution < -0.4 is 10.2 Å². The lowest BCUT2D eigenvalue weighted by molar-refractivity contribution is 0.477. The number of benzene rings is 1. The molecular formula is C14H16N4O. The van der Waals surface area contributed by atoms with E-state index in [1.807, 2.05) is 18.2 Å². The summed E-state index contributed by atoms with van der Waals surface area (Å²) in [4.78, 5) is 11.0. The summed E-state index contributed by atoms with van der Waals surface area (Å²) in [5.41, 5.74) is 0.666. The molecule has 0 radical (unpaired) electrons. The number of anilines is 1. The van der Waals surface area contributed by atoms with Crippen molar-refractivity contribution in [1.82, 2.24) is 15.3 Å². The largest absolute Gasteiger partial charge is 0.507 e. The van der Waals surface area contributed by atoms with Gasteiger partial charge in [-0.25, -0.2) is 9.97 Å². The highest BCUT2D eigenvalue weighted by Crippen LogP contribution is 2.26. The van der Waals surface area contributed by atoms with E-state index in [1.54, 1.807) is 18.3 Å². The van der Waals surface area contributed by atoms with Crippen LogP contribution in [0.1, 0.15) is 0 Å². The number of aromatic hydroxyl groups is 1. The highest BCUT2D eigenvalue weighted by Gasteiger charge is 2.13. The molecule has 1 aromatic carbocycles. The fourth-order valence-corrected chi connectivity index (χ4v) is 2.21. The normalized spacial score (nSPS) is 15.5. The Morgan fingerprint density at radius 3 is 2.68 bits per heavy atom. The number of hydrogen-bond donors (Lipinski definition) is 2. The van der Waals surface area contributed by atoms with Crippen molar-refractivity contribution in [3.05, 3.63) is 36.5 Å². The molecule has 0 bridgehead atoms. The van der Waals surface area contributed by atoms with Gasteiger partial charge in [-0.2, -0.15) is 0 Å². The second-order valence-corrected chi connectivity index (χ2v) is 4.49. The number of nitrogens with zero attached hydrogens (tertiary/aromatic N) is 3. The van der Waals surface area contributed by atoms with Crippen LogP contribution in [0, 0.1) is 0 Å². The average molecular weight is 256 g/mol. The van der Waals surface area contributed by atoms with Crippen LogP contribution in [0.3, 0.4) is 0 Å². The lowest BCUT2D eigenvalue weighted by Gasteiger charge is -2.28. The number of para-hydroxylation sites is 1. The Balaban J connectivity index is 1.93. The van der Waals surface area contributed by atoms with Crippen LogP contribution in [0.2, 0.25) is 0 Å². The van der Waals surface area contributed by atoms with Gasteiger partial charge in [-0.3, -0.25) is 0 Å². The summed E-state index contributed by atoms with van der Waals surface area (Å²) in [5.74, 6) is 1.68. The van der Waals surface area contributed by atoms with E-state index in [-0.39, 0.29) is 5.75 Å².